The molecule has 0 aliphatic rings. The number of hydrogen-bond donors (Lipinski definition) is 0. The fourth-order valence-electron chi connectivity index (χ4n) is 0.687. The van der Waals surface area contributed by atoms with Crippen LogP contribution in [0.2, 0.25) is 0 Å². The van der Waals surface area contributed by atoms with Gasteiger partial charge in [-0.25, -0.2) is 0 Å². The molecule has 11 heavy (non-hydrogen) atoms. The fourth-order valence-corrected chi connectivity index (χ4v) is 0.828. The number of halogens is 1. The topological polar surface area (TPSA) is 26.3 Å². The summed E-state index contributed by atoms with van der Waals surface area (Å²) >= 11 is 5.18. The van der Waals surface area contributed by atoms with Gasteiger partial charge in [0.1, 0.15) is 0 Å². The highest BCUT2D eigenvalue weighted by Gasteiger charge is 2.03. The molecule has 0 saturated heterocycles. The number of methoxy groups -OCH3 is 1. The Morgan fingerprint density at radius 3 is 2.45 bits per heavy atom. The molecule has 64 valence electrons. The third-order valence-corrected chi connectivity index (χ3v) is 1.46. The first-order valence-corrected chi connectivity index (χ1v) is 3.84. The van der Waals surface area contributed by atoms with E-state index < -0.39 is 5.24 Å². The van der Waals surface area contributed by atoms with Crippen molar-refractivity contribution in [3.63, 3.8) is 0 Å². The van der Waals surface area contributed by atoms with E-state index in [1.165, 1.54) is 6.08 Å². The predicted molar refractivity (Wildman–Crippen MR) is 45.7 cm³/mol. The standard InChI is InChI=1S/C8H13ClO2/c1-6(2)7(5-11-3)4-8(9)10/h4,6H,5H2,1-3H3/b7-4-. The molecule has 0 radical (unpaired) electrons. The van der Waals surface area contributed by atoms with Crippen LogP contribution in [0.15, 0.2) is 11.6 Å². The van der Waals surface area contributed by atoms with Crippen LogP contribution in [0.25, 0.3) is 0 Å². The first-order chi connectivity index (χ1) is 5.07. The maximum atomic E-state index is 10.5. The first kappa shape index (κ1) is 10.7. The molecule has 0 saturated carbocycles. The molecule has 0 aliphatic heterocycles. The quantitative estimate of drug-likeness (QED) is 0.484. The molecule has 0 fully saturated rings. The van der Waals surface area contributed by atoms with E-state index >= 15 is 0 Å². The zero-order chi connectivity index (χ0) is 8.85. The van der Waals surface area contributed by atoms with Crippen molar-refractivity contribution in [2.75, 3.05) is 13.7 Å². The molecule has 2 nitrogen and oxygen atoms in total. The predicted octanol–water partition coefficient (Wildman–Crippen LogP) is 1.98. The van der Waals surface area contributed by atoms with Crippen LogP contribution in [0.5, 0.6) is 0 Å². The molecule has 0 rings (SSSR count). The summed E-state index contributed by atoms with van der Waals surface area (Å²) in [5.74, 6) is 0.303. The van der Waals surface area contributed by atoms with Gasteiger partial charge in [-0.2, -0.15) is 0 Å². The van der Waals surface area contributed by atoms with Crippen LogP contribution in [0.1, 0.15) is 13.8 Å². The van der Waals surface area contributed by atoms with Crippen LogP contribution in [0.3, 0.4) is 0 Å². The molecule has 0 spiro atoms. The van der Waals surface area contributed by atoms with Gasteiger partial charge in [0.25, 0.3) is 0 Å². The molecule has 0 aliphatic carbocycles. The lowest BCUT2D eigenvalue weighted by Gasteiger charge is -2.08. The Labute approximate surface area is 72.2 Å². The fraction of sp³-hybridized carbons (Fsp3) is 0.625. The van der Waals surface area contributed by atoms with Gasteiger partial charge < -0.3 is 4.74 Å². The second-order valence-corrected chi connectivity index (χ2v) is 2.98. The summed E-state index contributed by atoms with van der Waals surface area (Å²) in [4.78, 5) is 10.5. The molecule has 0 atom stereocenters. The SMILES string of the molecule is COC/C(=C/C(=O)Cl)C(C)C. The second kappa shape index (κ2) is 5.33. The summed E-state index contributed by atoms with van der Waals surface area (Å²) in [5, 5.41) is -0.439. The smallest absolute Gasteiger partial charge is 0.245 e. The van der Waals surface area contributed by atoms with Gasteiger partial charge in [0.15, 0.2) is 0 Å². The molecule has 0 aromatic carbocycles. The average molecular weight is 177 g/mol. The van der Waals surface area contributed by atoms with Crippen molar-refractivity contribution in [2.45, 2.75) is 13.8 Å². The zero-order valence-corrected chi connectivity index (χ0v) is 7.81. The van der Waals surface area contributed by atoms with Crippen molar-refractivity contribution in [1.82, 2.24) is 0 Å². The van der Waals surface area contributed by atoms with Gasteiger partial charge in [-0.3, -0.25) is 4.79 Å². The Balaban J connectivity index is 4.20. The highest BCUT2D eigenvalue weighted by Crippen LogP contribution is 2.09. The van der Waals surface area contributed by atoms with Crippen LogP contribution in [0.4, 0.5) is 0 Å². The number of ether oxygens (including phenoxy) is 1. The van der Waals surface area contributed by atoms with Gasteiger partial charge >= 0.3 is 0 Å². The van der Waals surface area contributed by atoms with E-state index in [9.17, 15) is 4.79 Å². The number of carbonyl (C=O) groups is 1. The number of carbonyl (C=O) groups excluding carboxylic acids is 1. The third-order valence-electron chi connectivity index (χ3n) is 1.35. The van der Waals surface area contributed by atoms with E-state index in [-0.39, 0.29) is 0 Å². The van der Waals surface area contributed by atoms with Gasteiger partial charge in [0, 0.05) is 7.11 Å². The van der Waals surface area contributed by atoms with E-state index in [4.69, 9.17) is 16.3 Å². The van der Waals surface area contributed by atoms with Gasteiger partial charge in [-0.05, 0) is 29.2 Å². The molecule has 0 amide bonds. The van der Waals surface area contributed by atoms with Gasteiger partial charge in [-0.15, -0.1) is 0 Å². The molecule has 0 unspecified atom stereocenters. The molecular weight excluding hydrogens is 164 g/mol. The molecular formula is C8H13ClO2. The third kappa shape index (κ3) is 4.99. The maximum Gasteiger partial charge on any atom is 0.245 e. The van der Waals surface area contributed by atoms with Crippen LogP contribution in [0, 0.1) is 5.92 Å². The Hall–Kier alpha value is -0.340. The van der Waals surface area contributed by atoms with Crippen molar-refractivity contribution in [1.29, 1.82) is 0 Å². The summed E-state index contributed by atoms with van der Waals surface area (Å²) in [6.45, 7) is 4.45. The van der Waals surface area contributed by atoms with Crippen molar-refractivity contribution in [2.24, 2.45) is 5.92 Å². The van der Waals surface area contributed by atoms with E-state index in [1.54, 1.807) is 7.11 Å². The Morgan fingerprint density at radius 1 is 1.64 bits per heavy atom. The summed E-state index contributed by atoms with van der Waals surface area (Å²) in [6.07, 6.45) is 1.41. The lowest BCUT2D eigenvalue weighted by atomic mass is 10.0. The molecule has 0 heterocycles. The van der Waals surface area contributed by atoms with E-state index in [2.05, 4.69) is 0 Å². The lowest BCUT2D eigenvalue weighted by molar-refractivity contribution is -0.107. The van der Waals surface area contributed by atoms with Gasteiger partial charge in [-0.1, -0.05) is 13.8 Å². The minimum absolute atomic E-state index is 0.303. The van der Waals surface area contributed by atoms with Crippen LogP contribution in [-0.4, -0.2) is 19.0 Å². The molecule has 3 heteroatoms. The van der Waals surface area contributed by atoms with Crippen molar-refractivity contribution in [3.8, 4) is 0 Å². The first-order valence-electron chi connectivity index (χ1n) is 3.46. The zero-order valence-electron chi connectivity index (χ0n) is 7.06. The van der Waals surface area contributed by atoms with Crippen LogP contribution < -0.4 is 0 Å². The minimum Gasteiger partial charge on any atom is -0.380 e. The van der Waals surface area contributed by atoms with Gasteiger partial charge in [0.2, 0.25) is 5.24 Å². The summed E-state index contributed by atoms with van der Waals surface area (Å²) < 4.78 is 4.89. The van der Waals surface area contributed by atoms with Gasteiger partial charge in [0.05, 0.1) is 6.61 Å². The maximum absolute atomic E-state index is 10.5. The molecule has 0 N–H and O–H groups in total. The largest absolute Gasteiger partial charge is 0.380 e. The van der Waals surface area contributed by atoms with Crippen molar-refractivity contribution >= 4 is 16.8 Å². The van der Waals surface area contributed by atoms with Crippen molar-refractivity contribution < 1.29 is 9.53 Å². The minimum atomic E-state index is -0.439. The number of rotatable bonds is 4. The van der Waals surface area contributed by atoms with Crippen molar-refractivity contribution in [3.05, 3.63) is 11.6 Å². The molecule has 0 aromatic rings. The lowest BCUT2D eigenvalue weighted by Crippen LogP contribution is -2.03. The normalized spacial score (nSPS) is 12.3. The molecule has 0 bridgehead atoms. The average Bonchev–Trinajstić information content (AvgIpc) is 1.86. The Kier molecular flexibility index (Phi) is 5.16. The number of allylic oxidation sites excluding steroid dienone is 1. The van der Waals surface area contributed by atoms with E-state index in [1.807, 2.05) is 13.8 Å². The molecule has 0 aromatic heterocycles. The highest BCUT2D eigenvalue weighted by atomic mass is 35.5. The monoisotopic (exact) mass is 176 g/mol. The summed E-state index contributed by atoms with van der Waals surface area (Å²) in [6, 6.07) is 0. The number of hydrogen-bond acceptors (Lipinski definition) is 2. The van der Waals surface area contributed by atoms with Crippen LogP contribution >= 0.6 is 11.6 Å². The van der Waals surface area contributed by atoms with E-state index in [0.29, 0.717) is 12.5 Å². The highest BCUT2D eigenvalue weighted by molar-refractivity contribution is 6.66. The second-order valence-electron chi connectivity index (χ2n) is 2.61. The van der Waals surface area contributed by atoms with Crippen LogP contribution in [-0.2, 0) is 9.53 Å². The summed E-state index contributed by atoms with van der Waals surface area (Å²) in [7, 11) is 1.59. The summed E-state index contributed by atoms with van der Waals surface area (Å²) in [5.41, 5.74) is 0.924. The Bertz CT molecular complexity index is 161. The Morgan fingerprint density at radius 2 is 2.18 bits per heavy atom. The van der Waals surface area contributed by atoms with E-state index in [0.717, 1.165) is 5.57 Å².